The molecule has 3 rings (SSSR count). The molecule has 1 heterocycles. The largest absolute Gasteiger partial charge is 0.491 e. The van der Waals surface area contributed by atoms with Gasteiger partial charge in [-0.2, -0.15) is 0 Å². The Hall–Kier alpha value is -2.53. The van der Waals surface area contributed by atoms with Crippen LogP contribution in [0.5, 0.6) is 5.75 Å². The number of likely N-dealkylation sites (N-methyl/N-ethyl adjacent to an activating group) is 1. The molecule has 0 spiro atoms. The van der Waals surface area contributed by atoms with Crippen LogP contribution in [-0.4, -0.2) is 116 Å². The van der Waals surface area contributed by atoms with Gasteiger partial charge in [0.25, 0.3) is 0 Å². The molecular weight excluding hydrogens is 524 g/mol. The Morgan fingerprint density at radius 1 is 0.756 bits per heavy atom. The van der Waals surface area contributed by atoms with E-state index in [9.17, 15) is 4.79 Å². The molecular formula is C32H48N2O7. The summed E-state index contributed by atoms with van der Waals surface area (Å²) in [6.45, 7) is 8.33. The van der Waals surface area contributed by atoms with Crippen molar-refractivity contribution in [2.75, 3.05) is 99.9 Å². The lowest BCUT2D eigenvalue weighted by atomic mass is 10.0. The van der Waals surface area contributed by atoms with Crippen LogP contribution in [-0.2, 0) is 34.9 Å². The molecule has 1 atom stereocenters. The summed E-state index contributed by atoms with van der Waals surface area (Å²) in [5.41, 5.74) is 2.15. The third kappa shape index (κ3) is 13.3. The molecule has 9 heteroatoms. The van der Waals surface area contributed by atoms with Gasteiger partial charge in [-0.15, -0.1) is 0 Å². The summed E-state index contributed by atoms with van der Waals surface area (Å²) < 4.78 is 32.5. The number of ether oxygens (including phenoxy) is 6. The molecule has 2 aromatic rings. The lowest BCUT2D eigenvalue weighted by Crippen LogP contribution is -2.39. The Bertz CT molecular complexity index is 939. The van der Waals surface area contributed by atoms with Crippen molar-refractivity contribution in [3.05, 3.63) is 65.7 Å². The molecule has 1 fully saturated rings. The minimum absolute atomic E-state index is 0.0413. The first kappa shape index (κ1) is 33.0. The molecule has 228 valence electrons. The number of hydrogen-bond acceptors (Lipinski definition) is 8. The van der Waals surface area contributed by atoms with Crippen LogP contribution in [0.15, 0.2) is 54.6 Å². The van der Waals surface area contributed by atoms with Gasteiger partial charge in [0, 0.05) is 20.7 Å². The summed E-state index contributed by atoms with van der Waals surface area (Å²) in [7, 11) is 3.57. The molecule has 2 aromatic carbocycles. The number of likely N-dealkylation sites (tertiary alicyclic amines) is 1. The number of nitrogens with zero attached hydrogens (tertiary/aromatic N) is 2. The van der Waals surface area contributed by atoms with Gasteiger partial charge in [0.1, 0.15) is 12.4 Å². The topological polar surface area (TPSA) is 78.9 Å². The summed E-state index contributed by atoms with van der Waals surface area (Å²) in [5.74, 6) is 0.870. The first-order valence-electron chi connectivity index (χ1n) is 14.7. The van der Waals surface area contributed by atoms with E-state index in [1.165, 1.54) is 18.4 Å². The maximum absolute atomic E-state index is 13.2. The van der Waals surface area contributed by atoms with E-state index in [2.05, 4.69) is 17.0 Å². The van der Waals surface area contributed by atoms with Gasteiger partial charge in [0.2, 0.25) is 5.91 Å². The molecule has 1 amide bonds. The molecule has 1 aliphatic heterocycles. The highest BCUT2D eigenvalue weighted by Gasteiger charge is 2.25. The van der Waals surface area contributed by atoms with Gasteiger partial charge in [-0.25, -0.2) is 0 Å². The van der Waals surface area contributed by atoms with Crippen molar-refractivity contribution in [3.8, 4) is 5.75 Å². The number of rotatable bonds is 22. The van der Waals surface area contributed by atoms with Crippen LogP contribution < -0.4 is 4.74 Å². The second-order valence-corrected chi connectivity index (χ2v) is 10.1. The number of methoxy groups -OCH3 is 1. The van der Waals surface area contributed by atoms with Crippen LogP contribution in [0.1, 0.15) is 30.0 Å². The molecule has 1 saturated heterocycles. The molecule has 0 N–H and O–H groups in total. The average Bonchev–Trinajstić information content (AvgIpc) is 3.52. The van der Waals surface area contributed by atoms with E-state index >= 15 is 0 Å². The Balaban J connectivity index is 1.27. The smallest absolute Gasteiger partial charge is 0.227 e. The first-order chi connectivity index (χ1) is 20.2. The zero-order valence-electron chi connectivity index (χ0n) is 24.8. The van der Waals surface area contributed by atoms with Crippen LogP contribution in [0, 0.1) is 0 Å². The highest BCUT2D eigenvalue weighted by Crippen LogP contribution is 2.24. The summed E-state index contributed by atoms with van der Waals surface area (Å²) in [6, 6.07) is 18.1. The van der Waals surface area contributed by atoms with E-state index in [1.54, 1.807) is 7.11 Å². The van der Waals surface area contributed by atoms with E-state index in [1.807, 2.05) is 54.4 Å². The minimum Gasteiger partial charge on any atom is -0.491 e. The standard InChI is InChI=1S/C32H48N2O7/c1-33(31(27-34-14-6-7-15-34)29-8-4-3-5-9-29)32(35)26-28-10-12-30(13-11-28)41-25-24-40-23-22-39-21-20-38-19-18-37-17-16-36-2/h3-5,8-13,31H,6-7,14-27H2,1-2H3/t31-/m1/s1. The second kappa shape index (κ2) is 20.4. The van der Waals surface area contributed by atoms with Crippen LogP contribution >= 0.6 is 0 Å². The number of hydrogen-bond donors (Lipinski definition) is 0. The lowest BCUT2D eigenvalue weighted by molar-refractivity contribution is -0.131. The molecule has 9 nitrogen and oxygen atoms in total. The molecule has 0 saturated carbocycles. The highest BCUT2D eigenvalue weighted by molar-refractivity contribution is 5.79. The monoisotopic (exact) mass is 572 g/mol. The predicted octanol–water partition coefficient (Wildman–Crippen LogP) is 3.62. The van der Waals surface area contributed by atoms with Crippen LogP contribution in [0.2, 0.25) is 0 Å². The van der Waals surface area contributed by atoms with Crippen molar-refractivity contribution in [2.45, 2.75) is 25.3 Å². The van der Waals surface area contributed by atoms with Crippen molar-refractivity contribution in [1.29, 1.82) is 0 Å². The van der Waals surface area contributed by atoms with Crippen molar-refractivity contribution < 1.29 is 33.2 Å². The van der Waals surface area contributed by atoms with Gasteiger partial charge in [-0.1, -0.05) is 42.5 Å². The van der Waals surface area contributed by atoms with Gasteiger partial charge in [0.15, 0.2) is 0 Å². The first-order valence-corrected chi connectivity index (χ1v) is 14.7. The number of carbonyl (C=O) groups excluding carboxylic acids is 1. The zero-order chi connectivity index (χ0) is 29.0. The Morgan fingerprint density at radius 3 is 1.85 bits per heavy atom. The third-order valence-corrected chi connectivity index (χ3v) is 7.00. The number of carbonyl (C=O) groups is 1. The van der Waals surface area contributed by atoms with Gasteiger partial charge in [0.05, 0.1) is 71.9 Å². The van der Waals surface area contributed by atoms with Crippen molar-refractivity contribution in [3.63, 3.8) is 0 Å². The van der Waals surface area contributed by atoms with E-state index in [0.29, 0.717) is 72.5 Å². The van der Waals surface area contributed by atoms with E-state index in [0.717, 1.165) is 30.9 Å². The summed E-state index contributed by atoms with van der Waals surface area (Å²) in [4.78, 5) is 17.6. The Labute approximate surface area is 245 Å². The van der Waals surface area contributed by atoms with Crippen molar-refractivity contribution in [2.24, 2.45) is 0 Å². The van der Waals surface area contributed by atoms with E-state index < -0.39 is 0 Å². The zero-order valence-corrected chi connectivity index (χ0v) is 24.8. The normalized spacial score (nSPS) is 14.3. The van der Waals surface area contributed by atoms with Crippen LogP contribution in [0.25, 0.3) is 0 Å². The molecule has 0 bridgehead atoms. The highest BCUT2D eigenvalue weighted by atomic mass is 16.6. The molecule has 0 radical (unpaired) electrons. The fourth-order valence-electron chi connectivity index (χ4n) is 4.64. The van der Waals surface area contributed by atoms with E-state index in [4.69, 9.17) is 28.4 Å². The average molecular weight is 573 g/mol. The SMILES string of the molecule is COCCOCCOCCOCCOCCOc1ccc(CC(=O)N(C)[C@H](CN2CCCC2)c2ccccc2)cc1. The fraction of sp³-hybridized carbons (Fsp3) is 0.594. The summed E-state index contributed by atoms with van der Waals surface area (Å²) in [6.07, 6.45) is 2.82. The van der Waals surface area contributed by atoms with Crippen molar-refractivity contribution in [1.82, 2.24) is 9.80 Å². The minimum atomic E-state index is 0.0413. The molecule has 0 aliphatic carbocycles. The molecule has 1 aliphatic rings. The quantitative estimate of drug-likeness (QED) is 0.198. The molecule has 0 aromatic heterocycles. The summed E-state index contributed by atoms with van der Waals surface area (Å²) >= 11 is 0. The van der Waals surface area contributed by atoms with Gasteiger partial charge in [-0.3, -0.25) is 4.79 Å². The molecule has 0 unspecified atom stereocenters. The van der Waals surface area contributed by atoms with Crippen LogP contribution in [0.4, 0.5) is 0 Å². The van der Waals surface area contributed by atoms with Crippen molar-refractivity contribution >= 4 is 5.91 Å². The Kier molecular flexibility index (Phi) is 16.4. The lowest BCUT2D eigenvalue weighted by Gasteiger charge is -2.32. The van der Waals surface area contributed by atoms with Gasteiger partial charge in [-0.05, 0) is 49.2 Å². The third-order valence-electron chi connectivity index (χ3n) is 7.00. The number of benzene rings is 2. The number of amides is 1. The van der Waals surface area contributed by atoms with E-state index in [-0.39, 0.29) is 11.9 Å². The maximum atomic E-state index is 13.2. The maximum Gasteiger partial charge on any atom is 0.227 e. The molecule has 41 heavy (non-hydrogen) atoms. The fourth-order valence-corrected chi connectivity index (χ4v) is 4.64. The van der Waals surface area contributed by atoms with Gasteiger partial charge >= 0.3 is 0 Å². The predicted molar refractivity (Wildman–Crippen MR) is 158 cm³/mol. The van der Waals surface area contributed by atoms with Gasteiger partial charge < -0.3 is 38.2 Å². The second-order valence-electron chi connectivity index (χ2n) is 10.1. The summed E-state index contributed by atoms with van der Waals surface area (Å²) in [5, 5.41) is 0. The van der Waals surface area contributed by atoms with Crippen LogP contribution in [0.3, 0.4) is 0 Å². The Morgan fingerprint density at radius 2 is 1.29 bits per heavy atom.